The molecule has 2 rings (SSSR count). The summed E-state index contributed by atoms with van der Waals surface area (Å²) in [6.45, 7) is 5.46. The number of nitro groups is 1. The second kappa shape index (κ2) is 12.3. The van der Waals surface area contributed by atoms with E-state index in [1.165, 1.54) is 23.1 Å². The van der Waals surface area contributed by atoms with Crippen molar-refractivity contribution >= 4 is 33.2 Å². The third kappa shape index (κ3) is 8.06. The van der Waals surface area contributed by atoms with Gasteiger partial charge >= 0.3 is 0 Å². The molecule has 0 bridgehead atoms. The second-order valence-electron chi connectivity index (χ2n) is 8.37. The predicted molar refractivity (Wildman–Crippen MR) is 134 cm³/mol. The lowest BCUT2D eigenvalue weighted by molar-refractivity contribution is -0.384. The smallest absolute Gasteiger partial charge is 0.271 e. The molecule has 1 N–H and O–H groups in total. The molecule has 10 nitrogen and oxygen atoms in total. The molecule has 0 aliphatic carbocycles. The van der Waals surface area contributed by atoms with E-state index in [2.05, 4.69) is 5.32 Å². The lowest BCUT2D eigenvalue weighted by atomic mass is 10.1. The number of carbonyl (C=O) groups excluding carboxylic acids is 2. The van der Waals surface area contributed by atoms with Gasteiger partial charge in [-0.1, -0.05) is 49.2 Å². The van der Waals surface area contributed by atoms with Gasteiger partial charge < -0.3 is 10.2 Å². The molecule has 0 saturated heterocycles. The van der Waals surface area contributed by atoms with Crippen LogP contribution in [0.2, 0.25) is 0 Å². The molecular weight excluding hydrogens is 472 g/mol. The summed E-state index contributed by atoms with van der Waals surface area (Å²) in [5.74, 6) is -0.958. The SMILES string of the molecule is CCCCNC(=O)[C@H](C)N(Cc1ccc(C)cc1)C(=O)CN(c1cccc([N+](=O)[O-])c1)S(C)(=O)=O. The Morgan fingerprint density at radius 2 is 1.80 bits per heavy atom. The number of rotatable bonds is 12. The molecule has 0 aliphatic rings. The Balaban J connectivity index is 2.38. The molecule has 0 heterocycles. The monoisotopic (exact) mass is 504 g/mol. The number of carbonyl (C=O) groups is 2. The molecule has 0 saturated carbocycles. The highest BCUT2D eigenvalue weighted by Gasteiger charge is 2.30. The highest BCUT2D eigenvalue weighted by Crippen LogP contribution is 2.24. The Morgan fingerprint density at radius 1 is 1.14 bits per heavy atom. The Bertz CT molecular complexity index is 1150. The summed E-state index contributed by atoms with van der Waals surface area (Å²) < 4.78 is 25.9. The van der Waals surface area contributed by atoms with E-state index >= 15 is 0 Å². The van der Waals surface area contributed by atoms with Gasteiger partial charge in [-0.15, -0.1) is 0 Å². The van der Waals surface area contributed by atoms with Gasteiger partial charge in [-0.3, -0.25) is 24.0 Å². The standard InChI is InChI=1S/C24H32N4O6S/c1-5-6-14-25-24(30)19(3)26(16-20-12-10-18(2)11-13-20)23(29)17-27(35(4,33)34)21-8-7-9-22(15-21)28(31)32/h7-13,15,19H,5-6,14,16-17H2,1-4H3,(H,25,30)/t19-/m0/s1. The molecule has 0 radical (unpaired) electrons. The van der Waals surface area contributed by atoms with Crippen molar-refractivity contribution in [1.82, 2.24) is 10.2 Å². The fourth-order valence-electron chi connectivity index (χ4n) is 3.38. The summed E-state index contributed by atoms with van der Waals surface area (Å²) >= 11 is 0. The van der Waals surface area contributed by atoms with E-state index in [9.17, 15) is 28.1 Å². The van der Waals surface area contributed by atoms with Crippen LogP contribution < -0.4 is 9.62 Å². The number of nitro benzene ring substituents is 1. The van der Waals surface area contributed by atoms with Gasteiger partial charge in [0.25, 0.3) is 5.69 Å². The van der Waals surface area contributed by atoms with Crippen molar-refractivity contribution in [2.75, 3.05) is 23.7 Å². The van der Waals surface area contributed by atoms with Gasteiger partial charge in [0.1, 0.15) is 12.6 Å². The lowest BCUT2D eigenvalue weighted by Gasteiger charge is -2.31. The molecule has 1 atom stereocenters. The number of nitrogens with one attached hydrogen (secondary N) is 1. The molecule has 0 fully saturated rings. The minimum atomic E-state index is -3.97. The summed E-state index contributed by atoms with van der Waals surface area (Å²) in [4.78, 5) is 38.1. The van der Waals surface area contributed by atoms with Gasteiger partial charge in [-0.05, 0) is 31.9 Å². The maximum atomic E-state index is 13.4. The van der Waals surface area contributed by atoms with Crippen LogP contribution in [-0.2, 0) is 26.2 Å². The quantitative estimate of drug-likeness (QED) is 0.269. The second-order valence-corrected chi connectivity index (χ2v) is 10.3. The van der Waals surface area contributed by atoms with Gasteiger partial charge in [0.05, 0.1) is 16.9 Å². The van der Waals surface area contributed by atoms with Crippen molar-refractivity contribution in [3.8, 4) is 0 Å². The summed E-state index contributed by atoms with van der Waals surface area (Å²) in [7, 11) is -3.97. The molecule has 0 unspecified atom stereocenters. The maximum Gasteiger partial charge on any atom is 0.271 e. The van der Waals surface area contributed by atoms with Gasteiger partial charge in [0.2, 0.25) is 21.8 Å². The van der Waals surface area contributed by atoms with Crippen LogP contribution >= 0.6 is 0 Å². The topological polar surface area (TPSA) is 130 Å². The number of aryl methyl sites for hydroxylation is 1. The predicted octanol–water partition coefficient (Wildman–Crippen LogP) is 3.00. The number of unbranched alkanes of at least 4 members (excludes halogenated alkanes) is 1. The molecule has 190 valence electrons. The first kappa shape index (κ1) is 27.8. The minimum Gasteiger partial charge on any atom is -0.354 e. The van der Waals surface area contributed by atoms with E-state index in [0.717, 1.165) is 40.6 Å². The van der Waals surface area contributed by atoms with Crippen molar-refractivity contribution < 1.29 is 22.9 Å². The van der Waals surface area contributed by atoms with E-state index in [4.69, 9.17) is 0 Å². The first-order valence-corrected chi connectivity index (χ1v) is 13.1. The number of anilines is 1. The van der Waals surface area contributed by atoms with Crippen molar-refractivity contribution in [1.29, 1.82) is 0 Å². The van der Waals surface area contributed by atoms with Gasteiger partial charge in [-0.2, -0.15) is 0 Å². The summed E-state index contributed by atoms with van der Waals surface area (Å²) in [5, 5.41) is 14.0. The van der Waals surface area contributed by atoms with Crippen molar-refractivity contribution in [2.24, 2.45) is 0 Å². The molecule has 2 aromatic rings. The highest BCUT2D eigenvalue weighted by atomic mass is 32.2. The van der Waals surface area contributed by atoms with Gasteiger partial charge in [0.15, 0.2) is 0 Å². The van der Waals surface area contributed by atoms with Crippen LogP contribution in [0.1, 0.15) is 37.8 Å². The zero-order valence-electron chi connectivity index (χ0n) is 20.4. The first-order chi connectivity index (χ1) is 16.4. The average Bonchev–Trinajstić information content (AvgIpc) is 2.81. The molecular formula is C24H32N4O6S. The van der Waals surface area contributed by atoms with E-state index < -0.39 is 33.4 Å². The average molecular weight is 505 g/mol. The molecule has 2 aromatic carbocycles. The van der Waals surface area contributed by atoms with Crippen molar-refractivity contribution in [3.05, 3.63) is 69.8 Å². The highest BCUT2D eigenvalue weighted by molar-refractivity contribution is 7.92. The third-order valence-electron chi connectivity index (χ3n) is 5.48. The molecule has 0 spiro atoms. The summed E-state index contributed by atoms with van der Waals surface area (Å²) in [6.07, 6.45) is 2.61. The van der Waals surface area contributed by atoms with Crippen LogP contribution in [0.3, 0.4) is 0 Å². The Kier molecular flexibility index (Phi) is 9.76. The molecule has 35 heavy (non-hydrogen) atoms. The molecule has 11 heteroatoms. The zero-order chi connectivity index (χ0) is 26.2. The number of amides is 2. The largest absolute Gasteiger partial charge is 0.354 e. The number of nitrogens with zero attached hydrogens (tertiary/aromatic N) is 3. The maximum absolute atomic E-state index is 13.4. The molecule has 0 aromatic heterocycles. The first-order valence-electron chi connectivity index (χ1n) is 11.3. The van der Waals surface area contributed by atoms with Gasteiger partial charge in [-0.25, -0.2) is 8.42 Å². The molecule has 0 aliphatic heterocycles. The van der Waals surface area contributed by atoms with Crippen LogP contribution in [-0.4, -0.2) is 55.4 Å². The Labute approximate surface area is 206 Å². The lowest BCUT2D eigenvalue weighted by Crippen LogP contribution is -2.51. The Morgan fingerprint density at radius 3 is 2.37 bits per heavy atom. The van der Waals surface area contributed by atoms with Crippen molar-refractivity contribution in [2.45, 2.75) is 46.2 Å². The van der Waals surface area contributed by atoms with Crippen LogP contribution in [0.5, 0.6) is 0 Å². The summed E-state index contributed by atoms with van der Waals surface area (Å²) in [5.41, 5.74) is 1.50. The van der Waals surface area contributed by atoms with Gasteiger partial charge in [0, 0.05) is 25.2 Å². The Hall–Kier alpha value is -3.47. The van der Waals surface area contributed by atoms with E-state index in [1.54, 1.807) is 6.92 Å². The van der Waals surface area contributed by atoms with Crippen LogP contribution in [0, 0.1) is 17.0 Å². The number of hydrogen-bond acceptors (Lipinski definition) is 6. The third-order valence-corrected chi connectivity index (χ3v) is 6.62. The van der Waals surface area contributed by atoms with Crippen LogP contribution in [0.15, 0.2) is 48.5 Å². The minimum absolute atomic E-state index is 0.00890. The number of benzene rings is 2. The fraction of sp³-hybridized carbons (Fsp3) is 0.417. The normalized spacial score (nSPS) is 12.0. The van der Waals surface area contributed by atoms with Crippen LogP contribution in [0.4, 0.5) is 11.4 Å². The van der Waals surface area contributed by atoms with Crippen LogP contribution in [0.25, 0.3) is 0 Å². The fourth-order valence-corrected chi connectivity index (χ4v) is 4.23. The van der Waals surface area contributed by atoms with E-state index in [0.29, 0.717) is 6.54 Å². The van der Waals surface area contributed by atoms with E-state index in [-0.39, 0.29) is 23.8 Å². The molecule has 2 amide bonds. The van der Waals surface area contributed by atoms with E-state index in [1.807, 2.05) is 38.1 Å². The van der Waals surface area contributed by atoms with Crippen molar-refractivity contribution in [3.63, 3.8) is 0 Å². The summed E-state index contributed by atoms with van der Waals surface area (Å²) in [6, 6.07) is 11.6. The number of hydrogen-bond donors (Lipinski definition) is 1. The number of non-ortho nitro benzene ring substituents is 1. The number of sulfonamides is 1. The zero-order valence-corrected chi connectivity index (χ0v) is 21.2.